The van der Waals surface area contributed by atoms with E-state index in [-0.39, 0.29) is 48.2 Å². The Hall–Kier alpha value is -2.00. The van der Waals surface area contributed by atoms with Gasteiger partial charge in [-0.25, -0.2) is 4.79 Å². The lowest BCUT2D eigenvalue weighted by Crippen LogP contribution is -2.56. The van der Waals surface area contributed by atoms with E-state index in [1.54, 1.807) is 18.1 Å². The molecule has 2 fully saturated rings. The van der Waals surface area contributed by atoms with E-state index < -0.39 is 30.0 Å². The van der Waals surface area contributed by atoms with Gasteiger partial charge in [-0.15, -0.1) is 0 Å². The number of hydrogen-bond acceptors (Lipinski definition) is 7. The van der Waals surface area contributed by atoms with Crippen LogP contribution in [0.1, 0.15) is 93.9 Å². The number of piperidine rings is 1. The summed E-state index contributed by atoms with van der Waals surface area (Å²) in [6.07, 6.45) is 10.1. The first-order valence-corrected chi connectivity index (χ1v) is 16.3. The van der Waals surface area contributed by atoms with Gasteiger partial charge in [0, 0.05) is 19.6 Å². The van der Waals surface area contributed by atoms with E-state index >= 15 is 0 Å². The fourth-order valence-corrected chi connectivity index (χ4v) is 7.16. The standard InChI is InChI=1S/C35H57NO7/c1-21(2)32(24(6)16-23(5)17-27-13-14-29(37)30(19-27)41-9)42-34(39)28-12-10-11-15-36(28)31(38)20-35(40)26(8)18-25(7)33(43-35)22(3)4/h13-14,16-17,21-22,25-30,32-33,37,40H,10-12,15,18-20H2,1-9H3/b23-17+,24-16+. The Morgan fingerprint density at radius 3 is 2.44 bits per heavy atom. The molecular weight excluding hydrogens is 546 g/mol. The normalized spacial score (nSPS) is 34.9. The van der Waals surface area contributed by atoms with Gasteiger partial charge in [0.15, 0.2) is 5.79 Å². The first-order chi connectivity index (χ1) is 20.2. The molecule has 0 spiro atoms. The van der Waals surface area contributed by atoms with Gasteiger partial charge in [-0.05, 0) is 75.2 Å². The van der Waals surface area contributed by atoms with Crippen LogP contribution in [0.3, 0.4) is 0 Å². The maximum absolute atomic E-state index is 13.7. The average Bonchev–Trinajstić information content (AvgIpc) is 2.94. The first kappa shape index (κ1) is 35.5. The molecule has 0 bridgehead atoms. The van der Waals surface area contributed by atoms with Crippen molar-refractivity contribution >= 4 is 11.9 Å². The highest BCUT2D eigenvalue weighted by Crippen LogP contribution is 2.41. The zero-order chi connectivity index (χ0) is 32.1. The molecule has 2 heterocycles. The highest BCUT2D eigenvalue weighted by Gasteiger charge is 2.48. The van der Waals surface area contributed by atoms with Gasteiger partial charge < -0.3 is 29.3 Å². The van der Waals surface area contributed by atoms with Crippen molar-refractivity contribution in [2.45, 2.75) is 130 Å². The predicted octanol–water partition coefficient (Wildman–Crippen LogP) is 5.58. The van der Waals surface area contributed by atoms with Crippen molar-refractivity contribution in [3.05, 3.63) is 35.5 Å². The fraction of sp³-hybridized carbons (Fsp3) is 0.771. The molecular formula is C35H57NO7. The molecule has 0 radical (unpaired) electrons. The van der Waals surface area contributed by atoms with E-state index in [0.29, 0.717) is 25.3 Å². The third kappa shape index (κ3) is 9.03. The Labute approximate surface area is 259 Å². The summed E-state index contributed by atoms with van der Waals surface area (Å²) >= 11 is 0. The monoisotopic (exact) mass is 603 g/mol. The van der Waals surface area contributed by atoms with E-state index in [0.717, 1.165) is 30.4 Å². The number of esters is 1. The van der Waals surface area contributed by atoms with Gasteiger partial charge in [-0.2, -0.15) is 0 Å². The van der Waals surface area contributed by atoms with Gasteiger partial charge in [-0.3, -0.25) is 4.79 Å². The quantitative estimate of drug-likeness (QED) is 0.191. The molecule has 1 amide bonds. The summed E-state index contributed by atoms with van der Waals surface area (Å²) in [5.74, 6) is -1.71. The summed E-state index contributed by atoms with van der Waals surface area (Å²) in [6.45, 7) is 16.7. The number of likely N-dealkylation sites (tertiary alicyclic amines) is 1. The van der Waals surface area contributed by atoms with E-state index in [9.17, 15) is 19.8 Å². The Balaban J connectivity index is 1.71. The van der Waals surface area contributed by atoms with Crippen molar-refractivity contribution in [3.8, 4) is 0 Å². The van der Waals surface area contributed by atoms with Crippen LogP contribution in [0.15, 0.2) is 35.5 Å². The molecule has 0 saturated carbocycles. The fourth-order valence-electron chi connectivity index (χ4n) is 7.16. The van der Waals surface area contributed by atoms with Crippen LogP contribution in [0, 0.1) is 29.6 Å². The van der Waals surface area contributed by atoms with Gasteiger partial charge >= 0.3 is 5.97 Å². The van der Waals surface area contributed by atoms with Crippen molar-refractivity contribution in [1.82, 2.24) is 4.90 Å². The lowest BCUT2D eigenvalue weighted by molar-refractivity contribution is -0.300. The molecule has 3 aliphatic rings. The van der Waals surface area contributed by atoms with Crippen LogP contribution in [0.2, 0.25) is 0 Å². The second-order valence-electron chi connectivity index (χ2n) is 14.0. The summed E-state index contributed by atoms with van der Waals surface area (Å²) in [5, 5.41) is 21.6. The zero-order valence-electron chi connectivity index (χ0n) is 27.9. The molecule has 2 N–H and O–H groups in total. The molecule has 244 valence electrons. The van der Waals surface area contributed by atoms with Gasteiger partial charge in [0.1, 0.15) is 12.1 Å². The molecule has 43 heavy (non-hydrogen) atoms. The smallest absolute Gasteiger partial charge is 0.329 e. The number of nitrogens with zero attached hydrogens (tertiary/aromatic N) is 1. The number of ether oxygens (including phenoxy) is 3. The van der Waals surface area contributed by atoms with Crippen LogP contribution in [0.5, 0.6) is 0 Å². The van der Waals surface area contributed by atoms with Crippen molar-refractivity contribution < 1.29 is 34.0 Å². The summed E-state index contributed by atoms with van der Waals surface area (Å²) in [6, 6.07) is -0.681. The molecule has 3 rings (SSSR count). The second kappa shape index (κ2) is 15.3. The third-order valence-electron chi connectivity index (χ3n) is 9.53. The highest BCUT2D eigenvalue weighted by atomic mass is 16.6. The van der Waals surface area contributed by atoms with E-state index in [4.69, 9.17) is 14.2 Å². The molecule has 9 atom stereocenters. The zero-order valence-corrected chi connectivity index (χ0v) is 27.9. The lowest BCUT2D eigenvalue weighted by atomic mass is 9.79. The summed E-state index contributed by atoms with van der Waals surface area (Å²) < 4.78 is 17.8. The van der Waals surface area contributed by atoms with Crippen LogP contribution >= 0.6 is 0 Å². The number of amides is 1. The SMILES string of the molecule is COC1CC(/C=C(C)/C=C(\C)C(OC(=O)C2CCCCN2C(=O)CC2(O)OC(C(C)C)C(C)CC2C)C(C)C)C=CC1O. The Morgan fingerprint density at radius 2 is 1.81 bits per heavy atom. The molecule has 0 aromatic heterocycles. The van der Waals surface area contributed by atoms with Gasteiger partial charge in [-0.1, -0.05) is 71.4 Å². The number of aliphatic hydroxyl groups is 2. The lowest BCUT2D eigenvalue weighted by Gasteiger charge is -2.47. The van der Waals surface area contributed by atoms with Gasteiger partial charge in [0.25, 0.3) is 0 Å². The predicted molar refractivity (Wildman–Crippen MR) is 168 cm³/mol. The summed E-state index contributed by atoms with van der Waals surface area (Å²) in [7, 11) is 1.61. The number of carbonyl (C=O) groups excluding carboxylic acids is 2. The number of hydrogen-bond donors (Lipinski definition) is 2. The van der Waals surface area contributed by atoms with Crippen molar-refractivity contribution in [3.63, 3.8) is 0 Å². The van der Waals surface area contributed by atoms with Crippen LogP contribution in [0.4, 0.5) is 0 Å². The maximum Gasteiger partial charge on any atom is 0.329 e. The number of carbonyl (C=O) groups is 2. The topological polar surface area (TPSA) is 106 Å². The van der Waals surface area contributed by atoms with Gasteiger partial charge in [0.05, 0.1) is 24.7 Å². The van der Waals surface area contributed by atoms with Crippen LogP contribution < -0.4 is 0 Å². The van der Waals surface area contributed by atoms with Crippen LogP contribution in [-0.4, -0.2) is 76.9 Å². The van der Waals surface area contributed by atoms with Crippen molar-refractivity contribution in [2.75, 3.05) is 13.7 Å². The van der Waals surface area contributed by atoms with E-state index in [1.165, 1.54) is 0 Å². The molecule has 8 nitrogen and oxygen atoms in total. The Kier molecular flexibility index (Phi) is 12.6. The number of allylic oxidation sites excluding steroid dienone is 4. The van der Waals surface area contributed by atoms with E-state index in [1.807, 2.05) is 46.8 Å². The van der Waals surface area contributed by atoms with Crippen molar-refractivity contribution in [2.24, 2.45) is 29.6 Å². The molecule has 9 unspecified atom stereocenters. The van der Waals surface area contributed by atoms with Crippen molar-refractivity contribution in [1.29, 1.82) is 0 Å². The number of methoxy groups -OCH3 is 1. The molecule has 0 aromatic carbocycles. The molecule has 2 aliphatic heterocycles. The van der Waals surface area contributed by atoms with Gasteiger partial charge in [0.2, 0.25) is 5.91 Å². The molecule has 1 aliphatic carbocycles. The molecule has 2 saturated heterocycles. The molecule has 0 aromatic rings. The Morgan fingerprint density at radius 1 is 1.12 bits per heavy atom. The molecule has 8 heteroatoms. The van der Waals surface area contributed by atoms with E-state index in [2.05, 4.69) is 26.8 Å². The summed E-state index contributed by atoms with van der Waals surface area (Å²) in [4.78, 5) is 28.9. The summed E-state index contributed by atoms with van der Waals surface area (Å²) in [5.41, 5.74) is 1.97. The number of aliphatic hydroxyl groups excluding tert-OH is 1. The average molecular weight is 604 g/mol. The van der Waals surface area contributed by atoms with Crippen LogP contribution in [0.25, 0.3) is 0 Å². The minimum atomic E-state index is -1.55. The highest BCUT2D eigenvalue weighted by molar-refractivity contribution is 5.85. The number of rotatable bonds is 10. The minimum Gasteiger partial charge on any atom is -0.456 e. The van der Waals surface area contributed by atoms with Crippen LogP contribution in [-0.2, 0) is 23.8 Å². The second-order valence-corrected chi connectivity index (χ2v) is 14.0. The Bertz CT molecular complexity index is 1050. The maximum atomic E-state index is 13.7. The minimum absolute atomic E-state index is 0.0375. The largest absolute Gasteiger partial charge is 0.456 e. The third-order valence-corrected chi connectivity index (χ3v) is 9.53. The first-order valence-electron chi connectivity index (χ1n) is 16.3.